The van der Waals surface area contributed by atoms with Gasteiger partial charge >= 0.3 is 0 Å². The zero-order valence-corrected chi connectivity index (χ0v) is 19.5. The molecule has 0 aromatic heterocycles. The largest absolute Gasteiger partial charge is 0.497 e. The summed E-state index contributed by atoms with van der Waals surface area (Å²) < 4.78 is 5.19. The summed E-state index contributed by atoms with van der Waals surface area (Å²) >= 11 is 13.4. The van der Waals surface area contributed by atoms with Crippen LogP contribution in [0.4, 0.5) is 11.4 Å². The molecule has 0 unspecified atom stereocenters. The molecule has 0 radical (unpaired) electrons. The predicted octanol–water partition coefficient (Wildman–Crippen LogP) is 6.30. The molecular formula is C24H18Cl2N2O3S. The lowest BCUT2D eigenvalue weighted by molar-refractivity contribution is -0.120. The molecule has 3 aromatic carbocycles. The van der Waals surface area contributed by atoms with E-state index < -0.39 is 11.8 Å². The standard InChI is InChI=1S/C24H18Cl2N2O3S/c1-14-3-10-18(11-4-14)32-22-21(27-15-5-8-17(31-2)9-6-15)23(29)28(24(22)30)16-7-12-19(25)20(26)13-16/h3-13,27H,1-2H3. The fourth-order valence-corrected chi connectivity index (χ4v) is 4.34. The zero-order valence-electron chi connectivity index (χ0n) is 17.2. The second-order valence-corrected chi connectivity index (χ2v) is 8.92. The van der Waals surface area contributed by atoms with Crippen LogP contribution in [0.5, 0.6) is 5.75 Å². The summed E-state index contributed by atoms with van der Waals surface area (Å²) in [4.78, 5) is 29.0. The summed E-state index contributed by atoms with van der Waals surface area (Å²) in [6.07, 6.45) is 0. The highest BCUT2D eigenvalue weighted by atomic mass is 35.5. The third kappa shape index (κ3) is 4.48. The number of anilines is 2. The molecule has 1 aliphatic rings. The van der Waals surface area contributed by atoms with E-state index in [1.165, 1.54) is 17.8 Å². The van der Waals surface area contributed by atoms with E-state index in [0.29, 0.717) is 27.1 Å². The molecule has 162 valence electrons. The molecule has 3 aromatic rings. The van der Waals surface area contributed by atoms with Gasteiger partial charge in [0.05, 0.1) is 22.8 Å². The van der Waals surface area contributed by atoms with E-state index >= 15 is 0 Å². The Bertz CT molecular complexity index is 1220. The second-order valence-electron chi connectivity index (χ2n) is 7.02. The molecule has 0 saturated heterocycles. The third-order valence-electron chi connectivity index (χ3n) is 4.80. The van der Waals surface area contributed by atoms with Gasteiger partial charge in [-0.15, -0.1) is 0 Å². The van der Waals surface area contributed by atoms with E-state index in [1.54, 1.807) is 43.5 Å². The molecule has 1 N–H and O–H groups in total. The molecule has 0 fully saturated rings. The monoisotopic (exact) mass is 484 g/mol. The molecule has 2 amide bonds. The van der Waals surface area contributed by atoms with Gasteiger partial charge in [0, 0.05) is 10.6 Å². The number of carbonyl (C=O) groups excluding carboxylic acids is 2. The van der Waals surface area contributed by atoms with Crippen molar-refractivity contribution in [3.63, 3.8) is 0 Å². The number of thioether (sulfide) groups is 1. The Hall–Kier alpha value is -2.93. The summed E-state index contributed by atoms with van der Waals surface area (Å²) in [5, 5.41) is 3.71. The molecule has 0 saturated carbocycles. The van der Waals surface area contributed by atoms with Gasteiger partial charge < -0.3 is 10.1 Å². The number of nitrogens with one attached hydrogen (secondary N) is 1. The van der Waals surface area contributed by atoms with E-state index in [-0.39, 0.29) is 10.7 Å². The van der Waals surface area contributed by atoms with Gasteiger partial charge in [-0.2, -0.15) is 0 Å². The maximum atomic E-state index is 13.4. The van der Waals surface area contributed by atoms with Gasteiger partial charge in [-0.05, 0) is 61.5 Å². The first-order valence-corrected chi connectivity index (χ1v) is 11.2. The van der Waals surface area contributed by atoms with E-state index in [4.69, 9.17) is 27.9 Å². The van der Waals surface area contributed by atoms with Crippen molar-refractivity contribution in [3.8, 4) is 5.75 Å². The number of aryl methyl sites for hydroxylation is 1. The maximum absolute atomic E-state index is 13.4. The fourth-order valence-electron chi connectivity index (χ4n) is 3.12. The minimum absolute atomic E-state index is 0.191. The van der Waals surface area contributed by atoms with Crippen LogP contribution >= 0.6 is 35.0 Å². The van der Waals surface area contributed by atoms with Crippen molar-refractivity contribution in [2.75, 3.05) is 17.3 Å². The molecule has 0 bridgehead atoms. The molecule has 8 heteroatoms. The zero-order chi connectivity index (χ0) is 22.8. The summed E-state index contributed by atoms with van der Waals surface area (Å²) in [7, 11) is 1.58. The summed E-state index contributed by atoms with van der Waals surface area (Å²) in [5.74, 6) is -0.223. The number of benzene rings is 3. The highest BCUT2D eigenvalue weighted by Crippen LogP contribution is 2.39. The average molecular weight is 485 g/mol. The molecule has 1 aliphatic heterocycles. The summed E-state index contributed by atoms with van der Waals surface area (Å²) in [6, 6.07) is 19.5. The number of amides is 2. The van der Waals surface area contributed by atoms with Crippen LogP contribution in [0.2, 0.25) is 10.0 Å². The van der Waals surface area contributed by atoms with Gasteiger partial charge in [0.1, 0.15) is 16.4 Å². The second kappa shape index (κ2) is 9.28. The Morgan fingerprint density at radius 1 is 0.875 bits per heavy atom. The van der Waals surface area contributed by atoms with Crippen LogP contribution in [0.25, 0.3) is 0 Å². The Morgan fingerprint density at radius 2 is 1.56 bits per heavy atom. The van der Waals surface area contributed by atoms with Crippen molar-refractivity contribution in [2.24, 2.45) is 0 Å². The molecular weight excluding hydrogens is 467 g/mol. The lowest BCUT2D eigenvalue weighted by Crippen LogP contribution is -2.32. The van der Waals surface area contributed by atoms with E-state index in [1.807, 2.05) is 31.2 Å². The predicted molar refractivity (Wildman–Crippen MR) is 130 cm³/mol. The molecule has 0 spiro atoms. The smallest absolute Gasteiger partial charge is 0.283 e. The van der Waals surface area contributed by atoms with E-state index in [9.17, 15) is 9.59 Å². The first kappa shape index (κ1) is 22.3. The van der Waals surface area contributed by atoms with Crippen molar-refractivity contribution in [3.05, 3.63) is 92.9 Å². The van der Waals surface area contributed by atoms with Crippen LogP contribution in [0.3, 0.4) is 0 Å². The molecule has 0 atom stereocenters. The molecule has 4 rings (SSSR count). The Morgan fingerprint density at radius 3 is 2.19 bits per heavy atom. The number of rotatable bonds is 6. The van der Waals surface area contributed by atoms with Crippen molar-refractivity contribution in [1.29, 1.82) is 0 Å². The number of hydrogen-bond acceptors (Lipinski definition) is 5. The first-order chi connectivity index (χ1) is 15.4. The first-order valence-electron chi connectivity index (χ1n) is 9.61. The highest BCUT2D eigenvalue weighted by Gasteiger charge is 2.40. The summed E-state index contributed by atoms with van der Waals surface area (Å²) in [5.41, 5.74) is 2.30. The number of carbonyl (C=O) groups is 2. The van der Waals surface area contributed by atoms with Crippen LogP contribution in [0.15, 0.2) is 82.2 Å². The van der Waals surface area contributed by atoms with Crippen molar-refractivity contribution in [1.82, 2.24) is 0 Å². The third-order valence-corrected chi connectivity index (χ3v) is 6.63. The number of methoxy groups -OCH3 is 1. The van der Waals surface area contributed by atoms with E-state index in [2.05, 4.69) is 5.32 Å². The van der Waals surface area contributed by atoms with Gasteiger partial charge in [-0.1, -0.05) is 52.7 Å². The average Bonchev–Trinajstić information content (AvgIpc) is 3.01. The summed E-state index contributed by atoms with van der Waals surface area (Å²) in [6.45, 7) is 1.99. The molecule has 1 heterocycles. The van der Waals surface area contributed by atoms with Crippen molar-refractivity contribution in [2.45, 2.75) is 11.8 Å². The number of imide groups is 1. The minimum atomic E-state index is -0.473. The molecule has 0 aliphatic carbocycles. The Balaban J connectivity index is 1.73. The molecule has 32 heavy (non-hydrogen) atoms. The van der Waals surface area contributed by atoms with E-state index in [0.717, 1.165) is 15.4 Å². The quantitative estimate of drug-likeness (QED) is 0.416. The Labute approximate surface area is 200 Å². The number of hydrogen-bond donors (Lipinski definition) is 1. The van der Waals surface area contributed by atoms with Crippen LogP contribution in [-0.2, 0) is 9.59 Å². The van der Waals surface area contributed by atoms with Gasteiger partial charge in [-0.25, -0.2) is 4.90 Å². The van der Waals surface area contributed by atoms with Crippen molar-refractivity contribution >= 4 is 58.2 Å². The minimum Gasteiger partial charge on any atom is -0.497 e. The van der Waals surface area contributed by atoms with Crippen LogP contribution in [0, 0.1) is 6.92 Å². The van der Waals surface area contributed by atoms with Crippen molar-refractivity contribution < 1.29 is 14.3 Å². The fraction of sp³-hybridized carbons (Fsp3) is 0.0833. The van der Waals surface area contributed by atoms with Gasteiger partial charge in [0.25, 0.3) is 11.8 Å². The van der Waals surface area contributed by atoms with Gasteiger partial charge in [0.2, 0.25) is 0 Å². The molecule has 5 nitrogen and oxygen atoms in total. The maximum Gasteiger partial charge on any atom is 0.283 e. The highest BCUT2D eigenvalue weighted by molar-refractivity contribution is 8.04. The van der Waals surface area contributed by atoms with Crippen LogP contribution in [0.1, 0.15) is 5.56 Å². The van der Waals surface area contributed by atoms with Gasteiger partial charge in [-0.3, -0.25) is 9.59 Å². The lowest BCUT2D eigenvalue weighted by atomic mass is 10.2. The lowest BCUT2D eigenvalue weighted by Gasteiger charge is -2.16. The number of ether oxygens (including phenoxy) is 1. The van der Waals surface area contributed by atoms with Crippen LogP contribution in [-0.4, -0.2) is 18.9 Å². The number of halogens is 2. The Kier molecular flexibility index (Phi) is 6.46. The van der Waals surface area contributed by atoms with Gasteiger partial charge in [0.15, 0.2) is 0 Å². The topological polar surface area (TPSA) is 58.6 Å². The van der Waals surface area contributed by atoms with Crippen LogP contribution < -0.4 is 15.0 Å². The normalized spacial score (nSPS) is 13.7. The number of nitrogens with zero attached hydrogens (tertiary/aromatic N) is 1. The SMILES string of the molecule is COc1ccc(NC2=C(Sc3ccc(C)cc3)C(=O)N(c3ccc(Cl)c(Cl)c3)C2=O)cc1.